The van der Waals surface area contributed by atoms with E-state index in [-0.39, 0.29) is 5.91 Å². The lowest BCUT2D eigenvalue weighted by atomic mass is 10.2. The smallest absolute Gasteiger partial charge is 0.252 e. The SMILES string of the molecule is Nc1cccc(C(=O)NCCc2nccs2)c1Br. The van der Waals surface area contributed by atoms with Crippen molar-refractivity contribution in [1.29, 1.82) is 0 Å². The fraction of sp³-hybridized carbons (Fsp3) is 0.167. The molecule has 2 rings (SSSR count). The molecule has 4 nitrogen and oxygen atoms in total. The molecule has 1 heterocycles. The van der Waals surface area contributed by atoms with Crippen LogP contribution in [0.4, 0.5) is 5.69 Å². The first kappa shape index (κ1) is 13.0. The second-order valence-electron chi connectivity index (χ2n) is 3.64. The summed E-state index contributed by atoms with van der Waals surface area (Å²) in [6, 6.07) is 5.24. The van der Waals surface area contributed by atoms with Gasteiger partial charge in [-0.05, 0) is 28.1 Å². The van der Waals surface area contributed by atoms with Crippen LogP contribution in [0.2, 0.25) is 0 Å². The van der Waals surface area contributed by atoms with E-state index in [4.69, 9.17) is 5.73 Å². The van der Waals surface area contributed by atoms with Crippen molar-refractivity contribution in [3.8, 4) is 0 Å². The maximum absolute atomic E-state index is 11.9. The Balaban J connectivity index is 1.93. The van der Waals surface area contributed by atoms with Gasteiger partial charge in [-0.25, -0.2) is 4.98 Å². The highest BCUT2D eigenvalue weighted by Crippen LogP contribution is 2.23. The Morgan fingerprint density at radius 3 is 3.06 bits per heavy atom. The quantitative estimate of drug-likeness (QED) is 0.848. The number of hydrogen-bond donors (Lipinski definition) is 2. The van der Waals surface area contributed by atoms with Gasteiger partial charge in [-0.1, -0.05) is 6.07 Å². The molecule has 0 unspecified atom stereocenters. The van der Waals surface area contributed by atoms with Crippen molar-refractivity contribution in [1.82, 2.24) is 10.3 Å². The van der Waals surface area contributed by atoms with Crippen molar-refractivity contribution in [2.24, 2.45) is 0 Å². The minimum absolute atomic E-state index is 0.134. The van der Waals surface area contributed by atoms with Crippen molar-refractivity contribution < 1.29 is 4.79 Å². The summed E-state index contributed by atoms with van der Waals surface area (Å²) in [5.74, 6) is -0.134. The van der Waals surface area contributed by atoms with Crippen LogP contribution in [-0.4, -0.2) is 17.4 Å². The molecule has 18 heavy (non-hydrogen) atoms. The third-order valence-electron chi connectivity index (χ3n) is 2.38. The number of thiazole rings is 1. The van der Waals surface area contributed by atoms with Crippen molar-refractivity contribution in [3.05, 3.63) is 44.8 Å². The van der Waals surface area contributed by atoms with Gasteiger partial charge in [0.25, 0.3) is 5.91 Å². The highest BCUT2D eigenvalue weighted by Gasteiger charge is 2.11. The molecule has 0 saturated carbocycles. The number of anilines is 1. The molecule has 1 amide bonds. The molecular formula is C12H12BrN3OS. The minimum atomic E-state index is -0.134. The summed E-state index contributed by atoms with van der Waals surface area (Å²) in [4.78, 5) is 16.1. The Hall–Kier alpha value is -1.40. The number of nitrogen functional groups attached to an aromatic ring is 1. The van der Waals surface area contributed by atoms with Gasteiger partial charge in [-0.15, -0.1) is 11.3 Å². The fourth-order valence-corrected chi connectivity index (χ4v) is 2.54. The number of nitrogens with one attached hydrogen (secondary N) is 1. The number of rotatable bonds is 4. The van der Waals surface area contributed by atoms with E-state index >= 15 is 0 Å². The predicted octanol–water partition coefficient (Wildman–Crippen LogP) is 2.46. The number of nitrogens with zero attached hydrogens (tertiary/aromatic N) is 1. The lowest BCUT2D eigenvalue weighted by Crippen LogP contribution is -2.26. The van der Waals surface area contributed by atoms with E-state index in [2.05, 4.69) is 26.2 Å². The van der Waals surface area contributed by atoms with Gasteiger partial charge in [0.05, 0.1) is 15.0 Å². The van der Waals surface area contributed by atoms with Crippen LogP contribution in [0, 0.1) is 0 Å². The van der Waals surface area contributed by atoms with Gasteiger partial charge in [0.1, 0.15) is 0 Å². The molecule has 94 valence electrons. The summed E-state index contributed by atoms with van der Waals surface area (Å²) in [6.07, 6.45) is 2.50. The van der Waals surface area contributed by atoms with E-state index in [0.29, 0.717) is 22.3 Å². The van der Waals surface area contributed by atoms with Crippen molar-refractivity contribution >= 4 is 38.9 Å². The Labute approximate surface area is 117 Å². The number of carbonyl (C=O) groups excluding carboxylic acids is 1. The molecule has 0 aliphatic carbocycles. The van der Waals surface area contributed by atoms with Gasteiger partial charge in [0.15, 0.2) is 0 Å². The van der Waals surface area contributed by atoms with Crippen LogP contribution in [0.3, 0.4) is 0 Å². The monoisotopic (exact) mass is 325 g/mol. The second kappa shape index (κ2) is 5.97. The molecule has 6 heteroatoms. The van der Waals surface area contributed by atoms with Gasteiger partial charge >= 0.3 is 0 Å². The van der Waals surface area contributed by atoms with Crippen molar-refractivity contribution in [3.63, 3.8) is 0 Å². The summed E-state index contributed by atoms with van der Waals surface area (Å²) in [5, 5.41) is 5.79. The van der Waals surface area contributed by atoms with Gasteiger partial charge in [0.2, 0.25) is 0 Å². The first-order chi connectivity index (χ1) is 8.68. The number of halogens is 1. The number of amides is 1. The van der Waals surface area contributed by atoms with E-state index < -0.39 is 0 Å². The number of hydrogen-bond acceptors (Lipinski definition) is 4. The molecule has 0 saturated heterocycles. The average Bonchev–Trinajstić information content (AvgIpc) is 2.85. The fourth-order valence-electron chi connectivity index (χ4n) is 1.48. The van der Waals surface area contributed by atoms with E-state index in [9.17, 15) is 4.79 Å². The molecule has 0 spiro atoms. The van der Waals surface area contributed by atoms with Crippen LogP contribution in [0.25, 0.3) is 0 Å². The van der Waals surface area contributed by atoms with Crippen LogP contribution in [0.1, 0.15) is 15.4 Å². The second-order valence-corrected chi connectivity index (χ2v) is 5.41. The average molecular weight is 326 g/mol. The predicted molar refractivity (Wildman–Crippen MR) is 76.7 cm³/mol. The Kier molecular flexibility index (Phi) is 4.33. The standard InChI is InChI=1S/C12H12BrN3OS/c13-11-8(2-1-3-9(11)14)12(17)16-5-4-10-15-6-7-18-10/h1-3,6-7H,4-5,14H2,(H,16,17). The first-order valence-corrected chi connectivity index (χ1v) is 7.06. The molecule has 0 aliphatic rings. The lowest BCUT2D eigenvalue weighted by Gasteiger charge is -2.07. The highest BCUT2D eigenvalue weighted by molar-refractivity contribution is 9.10. The molecule has 2 aromatic rings. The normalized spacial score (nSPS) is 10.3. The summed E-state index contributed by atoms with van der Waals surface area (Å²) in [5.41, 5.74) is 6.84. The Morgan fingerprint density at radius 2 is 2.33 bits per heavy atom. The van der Waals surface area contributed by atoms with E-state index in [0.717, 1.165) is 11.4 Å². The third-order valence-corrected chi connectivity index (χ3v) is 4.11. The molecule has 0 atom stereocenters. The summed E-state index contributed by atoms with van der Waals surface area (Å²) in [6.45, 7) is 0.563. The number of aromatic nitrogens is 1. The molecule has 1 aromatic carbocycles. The first-order valence-electron chi connectivity index (χ1n) is 5.39. The zero-order valence-corrected chi connectivity index (χ0v) is 11.9. The minimum Gasteiger partial charge on any atom is -0.398 e. The zero-order valence-electron chi connectivity index (χ0n) is 9.52. The van der Waals surface area contributed by atoms with E-state index in [1.807, 2.05) is 5.38 Å². The molecular weight excluding hydrogens is 314 g/mol. The number of nitrogens with two attached hydrogens (primary N) is 1. The van der Waals surface area contributed by atoms with Gasteiger partial charge in [-0.2, -0.15) is 0 Å². The Bertz CT molecular complexity index is 542. The molecule has 0 fully saturated rings. The third kappa shape index (κ3) is 3.08. The lowest BCUT2D eigenvalue weighted by molar-refractivity contribution is 0.0953. The van der Waals surface area contributed by atoms with Crippen molar-refractivity contribution in [2.45, 2.75) is 6.42 Å². The number of carbonyl (C=O) groups is 1. The summed E-state index contributed by atoms with van der Waals surface area (Å²) >= 11 is 4.90. The summed E-state index contributed by atoms with van der Waals surface area (Å²) in [7, 11) is 0. The zero-order chi connectivity index (χ0) is 13.0. The maximum atomic E-state index is 11.9. The topological polar surface area (TPSA) is 68.0 Å². The van der Waals surface area contributed by atoms with Crippen LogP contribution in [0.15, 0.2) is 34.2 Å². The molecule has 0 radical (unpaired) electrons. The van der Waals surface area contributed by atoms with Crippen LogP contribution in [-0.2, 0) is 6.42 Å². The molecule has 3 N–H and O–H groups in total. The molecule has 0 aliphatic heterocycles. The van der Waals surface area contributed by atoms with E-state index in [1.54, 1.807) is 35.7 Å². The molecule has 0 bridgehead atoms. The largest absolute Gasteiger partial charge is 0.398 e. The maximum Gasteiger partial charge on any atom is 0.252 e. The van der Waals surface area contributed by atoms with Crippen molar-refractivity contribution in [2.75, 3.05) is 12.3 Å². The van der Waals surface area contributed by atoms with Gasteiger partial charge in [-0.3, -0.25) is 4.79 Å². The highest BCUT2D eigenvalue weighted by atomic mass is 79.9. The van der Waals surface area contributed by atoms with Crippen LogP contribution in [0.5, 0.6) is 0 Å². The van der Waals surface area contributed by atoms with E-state index in [1.165, 1.54) is 0 Å². The van der Waals surface area contributed by atoms with Gasteiger partial charge < -0.3 is 11.1 Å². The summed E-state index contributed by atoms with van der Waals surface area (Å²) < 4.78 is 0.636. The Morgan fingerprint density at radius 1 is 1.50 bits per heavy atom. The number of benzene rings is 1. The van der Waals surface area contributed by atoms with Crippen LogP contribution < -0.4 is 11.1 Å². The van der Waals surface area contributed by atoms with Gasteiger partial charge in [0, 0.05) is 30.2 Å². The van der Waals surface area contributed by atoms with Crippen LogP contribution >= 0.6 is 27.3 Å². The molecule has 1 aromatic heterocycles.